The van der Waals surface area contributed by atoms with E-state index in [9.17, 15) is 14.7 Å². The van der Waals surface area contributed by atoms with E-state index in [1.54, 1.807) is 24.3 Å². The van der Waals surface area contributed by atoms with Gasteiger partial charge in [-0.25, -0.2) is 4.98 Å². The van der Waals surface area contributed by atoms with Crippen molar-refractivity contribution < 1.29 is 19.4 Å². The van der Waals surface area contributed by atoms with E-state index in [-0.39, 0.29) is 11.3 Å². The van der Waals surface area contributed by atoms with E-state index < -0.39 is 17.7 Å². The Kier molecular flexibility index (Phi) is 5.65. The van der Waals surface area contributed by atoms with Gasteiger partial charge in [0.25, 0.3) is 5.78 Å². The van der Waals surface area contributed by atoms with Crippen molar-refractivity contribution in [3.05, 3.63) is 94.1 Å². The third-order valence-electron chi connectivity index (χ3n) is 6.21. The lowest BCUT2D eigenvalue weighted by Crippen LogP contribution is -2.29. The van der Waals surface area contributed by atoms with E-state index in [4.69, 9.17) is 9.72 Å². The van der Waals surface area contributed by atoms with Gasteiger partial charge in [-0.15, -0.1) is 0 Å². The zero-order chi connectivity index (χ0) is 24.9. The lowest BCUT2D eigenvalue weighted by atomic mass is 9.95. The van der Waals surface area contributed by atoms with Crippen LogP contribution in [0.2, 0.25) is 0 Å². The Hall–Kier alpha value is -3.97. The first-order chi connectivity index (χ1) is 16.8. The number of aliphatic hydroxyl groups is 1. The van der Waals surface area contributed by atoms with Crippen molar-refractivity contribution in [3.63, 3.8) is 0 Å². The number of hydrogen-bond donors (Lipinski definition) is 1. The summed E-state index contributed by atoms with van der Waals surface area (Å²) in [6.07, 6.45) is 0. The lowest BCUT2D eigenvalue weighted by molar-refractivity contribution is -0.132. The molecule has 35 heavy (non-hydrogen) atoms. The smallest absolute Gasteiger partial charge is 0.301 e. The molecule has 6 nitrogen and oxygen atoms in total. The molecule has 0 radical (unpaired) electrons. The highest BCUT2D eigenvalue weighted by molar-refractivity contribution is 7.22. The highest BCUT2D eigenvalue weighted by Crippen LogP contribution is 2.44. The van der Waals surface area contributed by atoms with Crippen molar-refractivity contribution in [1.29, 1.82) is 0 Å². The summed E-state index contributed by atoms with van der Waals surface area (Å²) < 4.78 is 6.22. The molecule has 176 valence electrons. The first-order valence-electron chi connectivity index (χ1n) is 11.2. The minimum atomic E-state index is -0.816. The van der Waals surface area contributed by atoms with Crippen LogP contribution in [0.25, 0.3) is 16.0 Å². The number of aromatic nitrogens is 1. The van der Waals surface area contributed by atoms with E-state index >= 15 is 0 Å². The van der Waals surface area contributed by atoms with Crippen LogP contribution in [0.5, 0.6) is 5.75 Å². The van der Waals surface area contributed by atoms with Crippen molar-refractivity contribution in [2.75, 3.05) is 12.0 Å². The molecule has 0 saturated carbocycles. The van der Waals surface area contributed by atoms with E-state index in [1.165, 1.54) is 23.3 Å². The second kappa shape index (κ2) is 8.67. The molecule has 4 aromatic rings. The second-order valence-electron chi connectivity index (χ2n) is 8.74. The zero-order valence-electron chi connectivity index (χ0n) is 19.8. The van der Waals surface area contributed by atoms with Crippen LogP contribution in [0, 0.1) is 20.8 Å². The molecule has 0 unspecified atom stereocenters. The number of benzene rings is 3. The van der Waals surface area contributed by atoms with Crippen molar-refractivity contribution >= 4 is 44.1 Å². The summed E-state index contributed by atoms with van der Waals surface area (Å²) in [7, 11) is 1.53. The van der Waals surface area contributed by atoms with Crippen LogP contribution in [0.3, 0.4) is 0 Å². The van der Waals surface area contributed by atoms with Gasteiger partial charge in [0, 0.05) is 5.56 Å². The van der Waals surface area contributed by atoms with Gasteiger partial charge in [-0.1, -0.05) is 59.4 Å². The Morgan fingerprint density at radius 2 is 1.74 bits per heavy atom. The third-order valence-corrected chi connectivity index (χ3v) is 7.21. The topological polar surface area (TPSA) is 79.7 Å². The van der Waals surface area contributed by atoms with Crippen molar-refractivity contribution in [1.82, 2.24) is 4.98 Å². The fraction of sp³-hybridized carbons (Fsp3) is 0.179. The molecule has 1 N–H and O–H groups in total. The van der Waals surface area contributed by atoms with Gasteiger partial charge in [-0.2, -0.15) is 0 Å². The number of ketones is 1. The molecule has 0 aliphatic carbocycles. The van der Waals surface area contributed by atoms with Gasteiger partial charge >= 0.3 is 5.91 Å². The number of carbonyl (C=O) groups is 2. The van der Waals surface area contributed by atoms with Crippen LogP contribution >= 0.6 is 11.3 Å². The number of thiazole rings is 1. The minimum absolute atomic E-state index is 0.0271. The lowest BCUT2D eigenvalue weighted by Gasteiger charge is -2.23. The molecule has 1 amide bonds. The number of rotatable bonds is 4. The summed E-state index contributed by atoms with van der Waals surface area (Å²) in [5.41, 5.74) is 5.08. The predicted molar refractivity (Wildman–Crippen MR) is 138 cm³/mol. The number of hydrogen-bond acceptors (Lipinski definition) is 6. The highest BCUT2D eigenvalue weighted by Gasteiger charge is 2.48. The third kappa shape index (κ3) is 3.88. The molecule has 0 bridgehead atoms. The number of fused-ring (bicyclic) bond motifs is 1. The molecule has 1 aromatic heterocycles. The van der Waals surface area contributed by atoms with E-state index in [0.29, 0.717) is 22.0 Å². The van der Waals surface area contributed by atoms with Gasteiger partial charge in [0.1, 0.15) is 11.5 Å². The van der Waals surface area contributed by atoms with E-state index in [2.05, 4.69) is 0 Å². The Bertz CT molecular complexity index is 1520. The summed E-state index contributed by atoms with van der Waals surface area (Å²) in [4.78, 5) is 33.0. The maximum absolute atomic E-state index is 13.4. The van der Waals surface area contributed by atoms with Crippen LogP contribution in [0.1, 0.15) is 33.9 Å². The summed E-state index contributed by atoms with van der Waals surface area (Å²) in [6.45, 7) is 5.96. The van der Waals surface area contributed by atoms with Crippen LogP contribution < -0.4 is 9.64 Å². The molecule has 1 aliphatic heterocycles. The first kappa shape index (κ1) is 22.8. The van der Waals surface area contributed by atoms with Gasteiger partial charge in [0.15, 0.2) is 5.13 Å². The molecule has 5 rings (SSSR count). The monoisotopic (exact) mass is 484 g/mol. The van der Waals surface area contributed by atoms with Crippen LogP contribution in [0.4, 0.5) is 5.13 Å². The summed E-state index contributed by atoms with van der Waals surface area (Å²) in [5.74, 6) is -1.17. The van der Waals surface area contributed by atoms with E-state index in [0.717, 1.165) is 26.9 Å². The summed E-state index contributed by atoms with van der Waals surface area (Å²) >= 11 is 1.36. The maximum atomic E-state index is 13.4. The minimum Gasteiger partial charge on any atom is -0.507 e. The molecule has 7 heteroatoms. The second-order valence-corrected chi connectivity index (χ2v) is 9.75. The van der Waals surface area contributed by atoms with Crippen LogP contribution in [0.15, 0.2) is 66.2 Å². The summed E-state index contributed by atoms with van der Waals surface area (Å²) in [6, 6.07) is 17.6. The zero-order valence-corrected chi connectivity index (χ0v) is 20.6. The van der Waals surface area contributed by atoms with Gasteiger partial charge < -0.3 is 9.84 Å². The molecule has 1 saturated heterocycles. The first-order valence-corrected chi connectivity index (χ1v) is 12.0. The Morgan fingerprint density at radius 3 is 2.46 bits per heavy atom. The average Bonchev–Trinajstić information content (AvgIpc) is 3.38. The van der Waals surface area contributed by atoms with Crippen molar-refractivity contribution in [3.8, 4) is 5.75 Å². The molecule has 1 aliphatic rings. The van der Waals surface area contributed by atoms with Crippen LogP contribution in [-0.4, -0.2) is 28.9 Å². The van der Waals surface area contributed by atoms with Gasteiger partial charge in [0.2, 0.25) is 0 Å². The standard InChI is InChI=1S/C28H24N2O4S/c1-15-8-10-18(11-9-15)24-22(25(31)19-6-5-7-20(14-19)34-4)26(32)27(33)30(24)28-29-23-17(3)12-16(2)13-21(23)35-28/h5-14,24,31H,1-4H3/b25-22+/t24-/m0/s1. The maximum Gasteiger partial charge on any atom is 0.301 e. The molecule has 3 aromatic carbocycles. The number of ether oxygens (including phenoxy) is 1. The number of aliphatic hydroxyl groups excluding tert-OH is 1. The highest BCUT2D eigenvalue weighted by atomic mass is 32.1. The molecule has 1 fully saturated rings. The number of nitrogens with zero attached hydrogens (tertiary/aromatic N) is 2. The number of amides is 1. The van der Waals surface area contributed by atoms with Gasteiger partial charge in [0.05, 0.1) is 28.9 Å². The Labute approximate surface area is 207 Å². The van der Waals surface area contributed by atoms with E-state index in [1.807, 2.05) is 57.2 Å². The van der Waals surface area contributed by atoms with Crippen LogP contribution in [-0.2, 0) is 9.59 Å². The molecule has 1 atom stereocenters. The fourth-order valence-electron chi connectivity index (χ4n) is 4.48. The van der Waals surface area contributed by atoms with Crippen molar-refractivity contribution in [2.24, 2.45) is 0 Å². The van der Waals surface area contributed by atoms with Gasteiger partial charge in [-0.05, 0) is 55.7 Å². The molecular weight excluding hydrogens is 460 g/mol. The molecule has 0 spiro atoms. The number of carbonyl (C=O) groups excluding carboxylic acids is 2. The fourth-order valence-corrected chi connectivity index (χ4v) is 5.65. The quantitative estimate of drug-likeness (QED) is 0.223. The van der Waals surface area contributed by atoms with Gasteiger partial charge in [-0.3, -0.25) is 14.5 Å². The number of methoxy groups -OCH3 is 1. The summed E-state index contributed by atoms with van der Waals surface area (Å²) in [5, 5.41) is 11.7. The molecule has 2 heterocycles. The average molecular weight is 485 g/mol. The SMILES string of the molecule is COc1cccc(/C(O)=C2\C(=O)C(=O)N(c3nc4c(C)cc(C)cc4s3)[C@H]2c2ccc(C)cc2)c1. The van der Waals surface area contributed by atoms with Crippen molar-refractivity contribution in [2.45, 2.75) is 26.8 Å². The normalized spacial score (nSPS) is 17.4. The Morgan fingerprint density at radius 1 is 1.00 bits per heavy atom. The Balaban J connectivity index is 1.74. The number of Topliss-reactive ketones (excluding diaryl/α,β-unsaturated/α-hetero) is 1. The predicted octanol–water partition coefficient (Wildman–Crippen LogP) is 5.86. The largest absolute Gasteiger partial charge is 0.507 e. The number of aryl methyl sites for hydroxylation is 3. The number of anilines is 1. The molecular formula is C28H24N2O4S.